The van der Waals surface area contributed by atoms with E-state index in [1.54, 1.807) is 13.8 Å². The van der Waals surface area contributed by atoms with E-state index in [9.17, 15) is 9.90 Å². The van der Waals surface area contributed by atoms with Crippen molar-refractivity contribution in [2.45, 2.75) is 33.1 Å². The van der Waals surface area contributed by atoms with Gasteiger partial charge in [0.1, 0.15) is 5.57 Å². The average molecular weight is 380 g/mol. The summed E-state index contributed by atoms with van der Waals surface area (Å²) in [5, 5.41) is 10.0. The Kier molecular flexibility index (Phi) is 8.86. The van der Waals surface area contributed by atoms with E-state index in [2.05, 4.69) is 30.3 Å². The van der Waals surface area contributed by atoms with Crippen molar-refractivity contribution < 1.29 is 19.4 Å². The van der Waals surface area contributed by atoms with E-state index < -0.39 is 5.97 Å². The molecule has 0 aromatic heterocycles. The Bertz CT molecular complexity index is 750. The molecule has 148 valence electrons. The van der Waals surface area contributed by atoms with Gasteiger partial charge in [-0.2, -0.15) is 0 Å². The molecular formula is C24H28O4. The predicted octanol–water partition coefficient (Wildman–Crippen LogP) is 5.66. The van der Waals surface area contributed by atoms with Crippen LogP contribution in [0.15, 0.2) is 78.3 Å². The van der Waals surface area contributed by atoms with Gasteiger partial charge in [-0.25, -0.2) is 4.79 Å². The van der Waals surface area contributed by atoms with E-state index in [0.29, 0.717) is 19.4 Å². The zero-order valence-electron chi connectivity index (χ0n) is 16.6. The monoisotopic (exact) mass is 380 g/mol. The van der Waals surface area contributed by atoms with E-state index in [1.807, 2.05) is 36.4 Å². The van der Waals surface area contributed by atoms with Crippen LogP contribution in [0.3, 0.4) is 0 Å². The molecule has 2 aromatic rings. The van der Waals surface area contributed by atoms with Crippen molar-refractivity contribution in [2.24, 2.45) is 0 Å². The lowest BCUT2D eigenvalue weighted by atomic mass is 9.96. The van der Waals surface area contributed by atoms with Gasteiger partial charge < -0.3 is 14.6 Å². The normalized spacial score (nSPS) is 11.4. The maximum atomic E-state index is 12.1. The Balaban J connectivity index is 2.14. The van der Waals surface area contributed by atoms with Crippen molar-refractivity contribution in [3.63, 3.8) is 0 Å². The predicted molar refractivity (Wildman–Crippen MR) is 112 cm³/mol. The summed E-state index contributed by atoms with van der Waals surface area (Å²) in [6.45, 7) is 4.05. The second kappa shape index (κ2) is 11.7. The van der Waals surface area contributed by atoms with Crippen LogP contribution >= 0.6 is 0 Å². The van der Waals surface area contributed by atoms with Gasteiger partial charge in [-0.1, -0.05) is 66.7 Å². The molecule has 0 aliphatic carbocycles. The molecule has 0 fully saturated rings. The molecule has 0 aliphatic rings. The van der Waals surface area contributed by atoms with Crippen LogP contribution in [-0.4, -0.2) is 24.3 Å². The van der Waals surface area contributed by atoms with E-state index in [0.717, 1.165) is 23.1 Å². The standard InChI is InChI=1S/C24H28O4/c1-3-27-23(25)22(24(26)28-4-2)18-12-11-17-21(19-13-7-5-8-14-19)20-15-9-6-10-16-20/h5-10,13-17,25H,3-4,11-12,18H2,1-2H3/b23-22+. The van der Waals surface area contributed by atoms with Crippen LogP contribution in [0.5, 0.6) is 0 Å². The molecule has 0 heterocycles. The Morgan fingerprint density at radius 3 is 1.93 bits per heavy atom. The maximum Gasteiger partial charge on any atom is 0.341 e. The number of aliphatic hydroxyl groups is 1. The molecule has 0 unspecified atom stereocenters. The quantitative estimate of drug-likeness (QED) is 0.250. The van der Waals surface area contributed by atoms with E-state index in [1.165, 1.54) is 0 Å². The van der Waals surface area contributed by atoms with Crippen LogP contribution in [0.4, 0.5) is 0 Å². The number of unbranched alkanes of at least 4 members (excludes halogenated alkanes) is 1. The first-order valence-corrected chi connectivity index (χ1v) is 9.70. The molecular weight excluding hydrogens is 352 g/mol. The highest BCUT2D eigenvalue weighted by Crippen LogP contribution is 2.25. The molecule has 0 bridgehead atoms. The minimum atomic E-state index is -0.524. The summed E-state index contributed by atoms with van der Waals surface area (Å²) in [7, 11) is 0. The summed E-state index contributed by atoms with van der Waals surface area (Å²) in [5.74, 6) is -0.861. The Hall–Kier alpha value is -3.01. The molecule has 4 heteroatoms. The lowest BCUT2D eigenvalue weighted by molar-refractivity contribution is -0.139. The molecule has 0 aliphatic heterocycles. The van der Waals surface area contributed by atoms with E-state index in [4.69, 9.17) is 9.47 Å². The largest absolute Gasteiger partial charge is 0.481 e. The van der Waals surface area contributed by atoms with Crippen LogP contribution in [0.25, 0.3) is 5.57 Å². The second-order valence-electron chi connectivity index (χ2n) is 6.18. The smallest absolute Gasteiger partial charge is 0.341 e. The number of allylic oxidation sites excluding steroid dienone is 1. The molecule has 2 rings (SSSR count). The summed E-state index contributed by atoms with van der Waals surface area (Å²) >= 11 is 0. The Morgan fingerprint density at radius 1 is 0.893 bits per heavy atom. The third-order valence-electron chi connectivity index (χ3n) is 4.21. The fraction of sp³-hybridized carbons (Fsp3) is 0.292. The van der Waals surface area contributed by atoms with Crippen molar-refractivity contribution in [1.29, 1.82) is 0 Å². The summed E-state index contributed by atoms with van der Waals surface area (Å²) in [4.78, 5) is 12.1. The van der Waals surface area contributed by atoms with Gasteiger partial charge in [-0.3, -0.25) is 0 Å². The first-order valence-electron chi connectivity index (χ1n) is 9.70. The van der Waals surface area contributed by atoms with Gasteiger partial charge in [0.25, 0.3) is 5.95 Å². The van der Waals surface area contributed by atoms with Crippen molar-refractivity contribution >= 4 is 11.5 Å². The zero-order valence-corrected chi connectivity index (χ0v) is 16.6. The Labute approximate surface area is 167 Å². The fourth-order valence-electron chi connectivity index (χ4n) is 2.90. The number of carbonyl (C=O) groups excluding carboxylic acids is 1. The van der Waals surface area contributed by atoms with Gasteiger partial charge in [0.2, 0.25) is 0 Å². The van der Waals surface area contributed by atoms with Gasteiger partial charge in [-0.15, -0.1) is 0 Å². The van der Waals surface area contributed by atoms with Crippen LogP contribution in [0, 0.1) is 0 Å². The number of aliphatic hydroxyl groups excluding tert-OH is 1. The number of hydrogen-bond acceptors (Lipinski definition) is 4. The number of carbonyl (C=O) groups is 1. The van der Waals surface area contributed by atoms with Crippen LogP contribution in [0.2, 0.25) is 0 Å². The molecule has 4 nitrogen and oxygen atoms in total. The van der Waals surface area contributed by atoms with Crippen molar-refractivity contribution in [2.75, 3.05) is 13.2 Å². The number of ether oxygens (including phenoxy) is 2. The minimum Gasteiger partial charge on any atom is -0.481 e. The third kappa shape index (κ3) is 6.31. The first-order chi connectivity index (χ1) is 13.7. The lowest BCUT2D eigenvalue weighted by Gasteiger charge is -2.11. The topological polar surface area (TPSA) is 55.8 Å². The molecule has 0 atom stereocenters. The second-order valence-corrected chi connectivity index (χ2v) is 6.18. The van der Waals surface area contributed by atoms with Crippen molar-refractivity contribution in [3.05, 3.63) is 89.4 Å². The maximum absolute atomic E-state index is 12.1. The number of rotatable bonds is 10. The molecule has 0 spiro atoms. The van der Waals surface area contributed by atoms with E-state index in [-0.39, 0.29) is 18.1 Å². The van der Waals surface area contributed by atoms with Crippen LogP contribution in [-0.2, 0) is 14.3 Å². The molecule has 0 radical (unpaired) electrons. The van der Waals surface area contributed by atoms with Gasteiger partial charge in [0.05, 0.1) is 13.2 Å². The molecule has 0 amide bonds. The summed E-state index contributed by atoms with van der Waals surface area (Å²) < 4.78 is 10.1. The molecule has 2 aromatic carbocycles. The van der Waals surface area contributed by atoms with E-state index >= 15 is 0 Å². The highest BCUT2D eigenvalue weighted by molar-refractivity contribution is 5.88. The average Bonchev–Trinajstić information content (AvgIpc) is 2.72. The zero-order chi connectivity index (χ0) is 20.2. The van der Waals surface area contributed by atoms with Crippen LogP contribution < -0.4 is 0 Å². The van der Waals surface area contributed by atoms with Gasteiger partial charge in [0.15, 0.2) is 0 Å². The molecule has 28 heavy (non-hydrogen) atoms. The fourth-order valence-corrected chi connectivity index (χ4v) is 2.90. The van der Waals surface area contributed by atoms with Gasteiger partial charge >= 0.3 is 5.97 Å². The first kappa shape index (κ1) is 21.3. The molecule has 1 N–H and O–H groups in total. The minimum absolute atomic E-state index is 0.193. The van der Waals surface area contributed by atoms with Crippen LogP contribution in [0.1, 0.15) is 44.2 Å². The summed E-state index contributed by atoms with van der Waals surface area (Å²) in [5.41, 5.74) is 3.63. The molecule has 0 saturated carbocycles. The highest BCUT2D eigenvalue weighted by atomic mass is 16.6. The number of esters is 1. The SMILES string of the molecule is CCOC(=O)/C(CCCC=C(c1ccccc1)c1ccccc1)=C(\O)OCC. The summed E-state index contributed by atoms with van der Waals surface area (Å²) in [6, 6.07) is 20.4. The number of hydrogen-bond donors (Lipinski definition) is 1. The van der Waals surface area contributed by atoms with Crippen molar-refractivity contribution in [1.82, 2.24) is 0 Å². The number of benzene rings is 2. The summed E-state index contributed by atoms with van der Waals surface area (Å²) in [6.07, 6.45) is 4.00. The lowest BCUT2D eigenvalue weighted by Crippen LogP contribution is -2.12. The third-order valence-corrected chi connectivity index (χ3v) is 4.21. The van der Waals surface area contributed by atoms with Gasteiger partial charge in [0, 0.05) is 0 Å². The molecule has 0 saturated heterocycles. The highest BCUT2D eigenvalue weighted by Gasteiger charge is 2.17. The Morgan fingerprint density at radius 2 is 1.43 bits per heavy atom. The van der Waals surface area contributed by atoms with Gasteiger partial charge in [-0.05, 0) is 49.8 Å². The van der Waals surface area contributed by atoms with Crippen molar-refractivity contribution in [3.8, 4) is 0 Å².